The highest BCUT2D eigenvalue weighted by Crippen LogP contribution is 2.16. The number of nitrogens with one attached hydrogen (secondary N) is 2. The van der Waals surface area contributed by atoms with Crippen LogP contribution in [0.5, 0.6) is 0 Å². The lowest BCUT2D eigenvalue weighted by Crippen LogP contribution is -2.33. The third-order valence-corrected chi connectivity index (χ3v) is 3.35. The molecular weight excluding hydrogens is 238 g/mol. The molecule has 2 rings (SSSR count). The zero-order valence-corrected chi connectivity index (χ0v) is 11.4. The third kappa shape index (κ3) is 4.23. The lowest BCUT2D eigenvalue weighted by Gasteiger charge is -2.23. The van der Waals surface area contributed by atoms with Crippen LogP contribution >= 0.6 is 0 Å². The van der Waals surface area contributed by atoms with Crippen molar-refractivity contribution in [2.45, 2.75) is 25.9 Å². The fraction of sp³-hybridized carbons (Fsp3) is 0.533. The molecule has 0 spiro atoms. The number of hydrogen-bond donors (Lipinski definition) is 2. The van der Waals surface area contributed by atoms with E-state index in [1.54, 1.807) is 0 Å². The molecule has 1 heterocycles. The summed E-state index contributed by atoms with van der Waals surface area (Å²) < 4.78 is 5.82. The molecule has 0 atom stereocenters. The molecule has 0 aromatic heterocycles. The first kappa shape index (κ1) is 13.9. The number of anilines is 1. The predicted octanol–water partition coefficient (Wildman–Crippen LogP) is 2.05. The first-order valence-corrected chi connectivity index (χ1v) is 6.86. The van der Waals surface area contributed by atoms with Crippen molar-refractivity contribution < 1.29 is 4.74 Å². The van der Waals surface area contributed by atoms with Crippen molar-refractivity contribution in [3.8, 4) is 6.07 Å². The Bertz CT molecular complexity index is 447. The van der Waals surface area contributed by atoms with Gasteiger partial charge in [-0.3, -0.25) is 0 Å². The fourth-order valence-electron chi connectivity index (χ4n) is 2.28. The minimum absolute atomic E-state index is 0.386. The van der Waals surface area contributed by atoms with Gasteiger partial charge in [0, 0.05) is 6.54 Å². The van der Waals surface area contributed by atoms with Crippen LogP contribution in [0.4, 0.5) is 5.69 Å². The van der Waals surface area contributed by atoms with E-state index in [2.05, 4.69) is 16.7 Å². The molecule has 1 aliphatic rings. The van der Waals surface area contributed by atoms with Crippen LogP contribution in [-0.4, -0.2) is 32.3 Å². The van der Waals surface area contributed by atoms with Gasteiger partial charge in [0.25, 0.3) is 0 Å². The Hall–Kier alpha value is -1.57. The highest BCUT2D eigenvalue weighted by Gasteiger charge is 2.12. The second kappa shape index (κ2) is 7.13. The van der Waals surface area contributed by atoms with Gasteiger partial charge in [-0.25, -0.2) is 0 Å². The molecule has 0 amide bonds. The summed E-state index contributed by atoms with van der Waals surface area (Å²) in [7, 11) is 0. The Balaban J connectivity index is 1.75. The van der Waals surface area contributed by atoms with Crippen molar-refractivity contribution in [3.63, 3.8) is 0 Å². The van der Waals surface area contributed by atoms with Gasteiger partial charge in [-0.05, 0) is 50.6 Å². The van der Waals surface area contributed by atoms with Crippen LogP contribution < -0.4 is 10.6 Å². The van der Waals surface area contributed by atoms with Crippen molar-refractivity contribution in [1.29, 1.82) is 5.26 Å². The van der Waals surface area contributed by atoms with Gasteiger partial charge in [-0.15, -0.1) is 0 Å². The van der Waals surface area contributed by atoms with Crippen molar-refractivity contribution in [3.05, 3.63) is 29.3 Å². The van der Waals surface area contributed by atoms with Crippen LogP contribution in [0.15, 0.2) is 18.2 Å². The largest absolute Gasteiger partial charge is 0.382 e. The van der Waals surface area contributed by atoms with Gasteiger partial charge < -0.3 is 15.4 Å². The minimum Gasteiger partial charge on any atom is -0.382 e. The normalized spacial score (nSPS) is 16.0. The summed E-state index contributed by atoms with van der Waals surface area (Å²) in [6.07, 6.45) is 2.57. The molecule has 0 radical (unpaired) electrons. The number of benzene rings is 1. The van der Waals surface area contributed by atoms with Crippen molar-refractivity contribution in [1.82, 2.24) is 5.32 Å². The maximum atomic E-state index is 9.08. The number of ether oxygens (including phenoxy) is 1. The number of aryl methyl sites for hydroxylation is 1. The molecule has 102 valence electrons. The van der Waals surface area contributed by atoms with Crippen LogP contribution in [0.2, 0.25) is 0 Å². The highest BCUT2D eigenvalue weighted by atomic mass is 16.5. The maximum absolute atomic E-state index is 9.08. The Kier molecular flexibility index (Phi) is 5.20. The molecule has 2 N–H and O–H groups in total. The molecule has 0 unspecified atom stereocenters. The van der Waals surface area contributed by atoms with E-state index in [0.717, 1.165) is 43.7 Å². The maximum Gasteiger partial charge on any atom is 0.101 e. The lowest BCUT2D eigenvalue weighted by molar-refractivity contribution is 0.0394. The van der Waals surface area contributed by atoms with Gasteiger partial charge in [0.15, 0.2) is 0 Å². The van der Waals surface area contributed by atoms with E-state index >= 15 is 0 Å². The van der Waals surface area contributed by atoms with Gasteiger partial charge in [0.1, 0.15) is 6.07 Å². The molecule has 1 aromatic rings. The summed E-state index contributed by atoms with van der Waals surface area (Å²) >= 11 is 0. The zero-order valence-electron chi connectivity index (χ0n) is 11.4. The van der Waals surface area contributed by atoms with E-state index in [1.165, 1.54) is 0 Å². The van der Waals surface area contributed by atoms with E-state index in [4.69, 9.17) is 10.00 Å². The Morgan fingerprint density at radius 3 is 2.95 bits per heavy atom. The van der Waals surface area contributed by atoms with Crippen LogP contribution in [0.1, 0.15) is 24.0 Å². The van der Waals surface area contributed by atoms with Crippen molar-refractivity contribution in [2.75, 3.05) is 31.6 Å². The molecule has 19 heavy (non-hydrogen) atoms. The standard InChI is InChI=1S/C15H21N3O/c1-12-2-3-15(13(10-12)11-16)18-8-9-19-14-4-6-17-7-5-14/h2-3,10,14,17-18H,4-9H2,1H3. The van der Waals surface area contributed by atoms with Crippen LogP contribution in [0, 0.1) is 18.3 Å². The summed E-state index contributed by atoms with van der Waals surface area (Å²) in [4.78, 5) is 0. The Morgan fingerprint density at radius 2 is 2.21 bits per heavy atom. The van der Waals surface area contributed by atoms with Crippen molar-refractivity contribution in [2.24, 2.45) is 0 Å². The number of hydrogen-bond acceptors (Lipinski definition) is 4. The minimum atomic E-state index is 0.386. The molecule has 0 bridgehead atoms. The molecule has 1 aliphatic heterocycles. The first-order chi connectivity index (χ1) is 9.29. The molecular formula is C15H21N3O. The quantitative estimate of drug-likeness (QED) is 0.795. The van der Waals surface area contributed by atoms with Crippen LogP contribution in [0.25, 0.3) is 0 Å². The molecule has 1 saturated heterocycles. The molecule has 1 aromatic carbocycles. The summed E-state index contributed by atoms with van der Waals surface area (Å²) in [5.41, 5.74) is 2.69. The second-order valence-corrected chi connectivity index (χ2v) is 4.91. The average molecular weight is 259 g/mol. The Labute approximate surface area is 114 Å². The van der Waals surface area contributed by atoms with Gasteiger partial charge in [0.05, 0.1) is 24.0 Å². The van der Waals surface area contributed by atoms with Crippen molar-refractivity contribution >= 4 is 5.69 Å². The van der Waals surface area contributed by atoms with Gasteiger partial charge >= 0.3 is 0 Å². The van der Waals surface area contributed by atoms with E-state index in [0.29, 0.717) is 18.3 Å². The predicted molar refractivity (Wildman–Crippen MR) is 76.2 cm³/mol. The van der Waals surface area contributed by atoms with Gasteiger partial charge in [0.2, 0.25) is 0 Å². The number of rotatable bonds is 5. The van der Waals surface area contributed by atoms with Gasteiger partial charge in [-0.1, -0.05) is 6.07 Å². The molecule has 4 heteroatoms. The molecule has 4 nitrogen and oxygen atoms in total. The molecule has 0 aliphatic carbocycles. The van der Waals surface area contributed by atoms with E-state index in [9.17, 15) is 0 Å². The summed E-state index contributed by atoms with van der Waals surface area (Å²) in [5, 5.41) is 15.7. The fourth-order valence-corrected chi connectivity index (χ4v) is 2.28. The number of nitrogens with zero attached hydrogens (tertiary/aromatic N) is 1. The third-order valence-electron chi connectivity index (χ3n) is 3.35. The molecule has 0 saturated carbocycles. The lowest BCUT2D eigenvalue weighted by atomic mass is 10.1. The van der Waals surface area contributed by atoms with E-state index in [1.807, 2.05) is 25.1 Å². The summed E-state index contributed by atoms with van der Waals surface area (Å²) in [6.45, 7) is 5.51. The topological polar surface area (TPSA) is 57.1 Å². The number of nitriles is 1. The van der Waals surface area contributed by atoms with Crippen LogP contribution in [0.3, 0.4) is 0 Å². The average Bonchev–Trinajstić information content (AvgIpc) is 2.46. The van der Waals surface area contributed by atoms with E-state index < -0.39 is 0 Å². The van der Waals surface area contributed by atoms with Gasteiger partial charge in [-0.2, -0.15) is 5.26 Å². The zero-order chi connectivity index (χ0) is 13.5. The van der Waals surface area contributed by atoms with Crippen LogP contribution in [-0.2, 0) is 4.74 Å². The SMILES string of the molecule is Cc1ccc(NCCOC2CCNCC2)c(C#N)c1. The smallest absolute Gasteiger partial charge is 0.101 e. The summed E-state index contributed by atoms with van der Waals surface area (Å²) in [6, 6.07) is 8.08. The monoisotopic (exact) mass is 259 g/mol. The van der Waals surface area contributed by atoms with E-state index in [-0.39, 0.29) is 0 Å². The highest BCUT2D eigenvalue weighted by molar-refractivity contribution is 5.58. The molecule has 1 fully saturated rings. The second-order valence-electron chi connectivity index (χ2n) is 4.91. The number of piperidine rings is 1. The first-order valence-electron chi connectivity index (χ1n) is 6.86. The Morgan fingerprint density at radius 1 is 1.42 bits per heavy atom. The summed E-state index contributed by atoms with van der Waals surface area (Å²) in [5.74, 6) is 0.